The quantitative estimate of drug-likeness (QED) is 0.886. The molecule has 1 aliphatic heterocycles. The van der Waals surface area contributed by atoms with Crippen LogP contribution in [-0.4, -0.2) is 32.3 Å². The van der Waals surface area contributed by atoms with Gasteiger partial charge >= 0.3 is 0 Å². The highest BCUT2D eigenvalue weighted by atomic mass is 16.5. The lowest BCUT2D eigenvalue weighted by Crippen LogP contribution is -2.41. The molecule has 1 saturated heterocycles. The van der Waals surface area contributed by atoms with Crippen LogP contribution in [0.3, 0.4) is 0 Å². The average Bonchev–Trinajstić information content (AvgIpc) is 2.39. The van der Waals surface area contributed by atoms with E-state index in [0.717, 1.165) is 18.8 Å². The summed E-state index contributed by atoms with van der Waals surface area (Å²) in [7, 11) is 2.05. The first-order valence-corrected chi connectivity index (χ1v) is 6.88. The predicted octanol–water partition coefficient (Wildman–Crippen LogP) is 2.66. The molecule has 3 heteroatoms. The Balaban J connectivity index is 2.08. The Bertz CT molecular complexity index is 371. The second-order valence-corrected chi connectivity index (χ2v) is 5.18. The number of hydrogen-bond acceptors (Lipinski definition) is 3. The van der Waals surface area contributed by atoms with Crippen molar-refractivity contribution < 1.29 is 4.74 Å². The highest BCUT2D eigenvalue weighted by molar-refractivity contribution is 5.58. The molecule has 18 heavy (non-hydrogen) atoms. The molecule has 1 aliphatic rings. The van der Waals surface area contributed by atoms with Crippen molar-refractivity contribution in [1.29, 1.82) is 0 Å². The minimum absolute atomic E-state index is 0.223. The number of piperidine rings is 1. The van der Waals surface area contributed by atoms with E-state index in [-0.39, 0.29) is 6.10 Å². The zero-order chi connectivity index (χ0) is 13.0. The van der Waals surface area contributed by atoms with E-state index in [0.29, 0.717) is 6.04 Å². The Morgan fingerprint density at radius 2 is 1.89 bits per heavy atom. The van der Waals surface area contributed by atoms with E-state index < -0.39 is 0 Å². The highest BCUT2D eigenvalue weighted by Crippen LogP contribution is 2.30. The van der Waals surface area contributed by atoms with Gasteiger partial charge in [-0.15, -0.1) is 0 Å². The molecule has 0 saturated carbocycles. The van der Waals surface area contributed by atoms with E-state index in [1.807, 2.05) is 6.07 Å². The summed E-state index contributed by atoms with van der Waals surface area (Å²) in [6.07, 6.45) is 2.62. The van der Waals surface area contributed by atoms with Crippen molar-refractivity contribution in [3.63, 3.8) is 0 Å². The predicted molar refractivity (Wildman–Crippen MR) is 76.5 cm³/mol. The minimum Gasteiger partial charge on any atom is -0.489 e. The third-order valence-corrected chi connectivity index (χ3v) is 3.47. The molecule has 0 radical (unpaired) electrons. The standard InChI is InChI=1S/C15H24N2O/c1-12(2)18-15-7-5-4-6-14(15)17-10-8-13(16-3)9-11-17/h4-7,12-13,16H,8-11H2,1-3H3. The SMILES string of the molecule is CNC1CCN(c2ccccc2OC(C)C)CC1. The molecule has 1 heterocycles. The Labute approximate surface area is 110 Å². The van der Waals surface area contributed by atoms with Crippen molar-refractivity contribution in [1.82, 2.24) is 5.32 Å². The maximum Gasteiger partial charge on any atom is 0.142 e. The van der Waals surface area contributed by atoms with Crippen molar-refractivity contribution in [2.45, 2.75) is 38.8 Å². The summed E-state index contributed by atoms with van der Waals surface area (Å²) in [5, 5.41) is 3.36. The number of rotatable bonds is 4. The topological polar surface area (TPSA) is 24.5 Å². The molecule has 1 N–H and O–H groups in total. The van der Waals surface area contributed by atoms with Crippen molar-refractivity contribution in [3.8, 4) is 5.75 Å². The summed E-state index contributed by atoms with van der Waals surface area (Å²) in [5.74, 6) is 1.01. The Hall–Kier alpha value is -1.22. The summed E-state index contributed by atoms with van der Waals surface area (Å²) < 4.78 is 5.89. The lowest BCUT2D eigenvalue weighted by molar-refractivity contribution is 0.242. The summed E-state index contributed by atoms with van der Waals surface area (Å²) in [4.78, 5) is 2.44. The van der Waals surface area contributed by atoms with Gasteiger partial charge in [-0.05, 0) is 45.9 Å². The number of nitrogens with zero attached hydrogens (tertiary/aromatic N) is 1. The number of ether oxygens (including phenoxy) is 1. The molecule has 0 aliphatic carbocycles. The summed E-state index contributed by atoms with van der Waals surface area (Å²) in [6, 6.07) is 9.03. The molecule has 0 spiro atoms. The van der Waals surface area contributed by atoms with Gasteiger partial charge in [-0.25, -0.2) is 0 Å². The molecule has 0 atom stereocenters. The second kappa shape index (κ2) is 6.10. The summed E-state index contributed by atoms with van der Waals surface area (Å²) in [6.45, 7) is 6.35. The van der Waals surface area contributed by atoms with Crippen molar-refractivity contribution in [2.75, 3.05) is 25.0 Å². The molecular formula is C15H24N2O. The van der Waals surface area contributed by atoms with Gasteiger partial charge in [0.15, 0.2) is 0 Å². The summed E-state index contributed by atoms with van der Waals surface area (Å²) in [5.41, 5.74) is 1.24. The van der Waals surface area contributed by atoms with Crippen molar-refractivity contribution in [2.24, 2.45) is 0 Å². The van der Waals surface area contributed by atoms with Crippen LogP contribution in [0.5, 0.6) is 5.75 Å². The van der Waals surface area contributed by atoms with Crippen LogP contribution in [0.4, 0.5) is 5.69 Å². The Kier molecular flexibility index (Phi) is 4.48. The van der Waals surface area contributed by atoms with E-state index in [2.05, 4.69) is 49.3 Å². The number of nitrogens with one attached hydrogen (secondary N) is 1. The first-order valence-electron chi connectivity index (χ1n) is 6.88. The molecule has 1 aromatic carbocycles. The van der Waals surface area contributed by atoms with Gasteiger partial charge in [0.1, 0.15) is 5.75 Å². The van der Waals surface area contributed by atoms with Crippen LogP contribution in [0, 0.1) is 0 Å². The average molecular weight is 248 g/mol. The van der Waals surface area contributed by atoms with Gasteiger partial charge in [-0.1, -0.05) is 12.1 Å². The smallest absolute Gasteiger partial charge is 0.142 e. The minimum atomic E-state index is 0.223. The molecule has 1 fully saturated rings. The number of para-hydroxylation sites is 2. The highest BCUT2D eigenvalue weighted by Gasteiger charge is 2.20. The van der Waals surface area contributed by atoms with Crippen LogP contribution in [-0.2, 0) is 0 Å². The molecule has 100 valence electrons. The van der Waals surface area contributed by atoms with Gasteiger partial charge in [0.05, 0.1) is 11.8 Å². The molecule has 1 aromatic rings. The maximum atomic E-state index is 5.89. The van der Waals surface area contributed by atoms with Gasteiger partial charge in [0, 0.05) is 19.1 Å². The van der Waals surface area contributed by atoms with Crippen molar-refractivity contribution >= 4 is 5.69 Å². The van der Waals surface area contributed by atoms with Gasteiger partial charge in [0.25, 0.3) is 0 Å². The summed E-state index contributed by atoms with van der Waals surface area (Å²) >= 11 is 0. The largest absolute Gasteiger partial charge is 0.489 e. The van der Waals surface area contributed by atoms with Gasteiger partial charge in [0.2, 0.25) is 0 Å². The fourth-order valence-electron chi connectivity index (χ4n) is 2.48. The lowest BCUT2D eigenvalue weighted by Gasteiger charge is -2.34. The first kappa shape index (κ1) is 13.2. The lowest BCUT2D eigenvalue weighted by atomic mass is 10.0. The monoisotopic (exact) mass is 248 g/mol. The van der Waals surface area contributed by atoms with E-state index in [1.54, 1.807) is 0 Å². The van der Waals surface area contributed by atoms with Crippen LogP contribution in [0.2, 0.25) is 0 Å². The molecule has 3 nitrogen and oxygen atoms in total. The van der Waals surface area contributed by atoms with Crippen LogP contribution >= 0.6 is 0 Å². The normalized spacial score (nSPS) is 17.2. The van der Waals surface area contributed by atoms with Gasteiger partial charge < -0.3 is 15.0 Å². The third kappa shape index (κ3) is 3.16. The molecular weight excluding hydrogens is 224 g/mol. The van der Waals surface area contributed by atoms with E-state index in [1.165, 1.54) is 18.5 Å². The third-order valence-electron chi connectivity index (χ3n) is 3.47. The van der Waals surface area contributed by atoms with Gasteiger partial charge in [-0.2, -0.15) is 0 Å². The van der Waals surface area contributed by atoms with Crippen LogP contribution < -0.4 is 15.0 Å². The molecule has 2 rings (SSSR count). The number of anilines is 1. The number of hydrogen-bond donors (Lipinski definition) is 1. The first-order chi connectivity index (χ1) is 8.70. The zero-order valence-corrected chi connectivity index (χ0v) is 11.6. The Morgan fingerprint density at radius 3 is 2.50 bits per heavy atom. The Morgan fingerprint density at radius 1 is 1.22 bits per heavy atom. The fraction of sp³-hybridized carbons (Fsp3) is 0.600. The van der Waals surface area contributed by atoms with Gasteiger partial charge in [-0.3, -0.25) is 0 Å². The van der Waals surface area contributed by atoms with Crippen LogP contribution in [0.1, 0.15) is 26.7 Å². The zero-order valence-electron chi connectivity index (χ0n) is 11.6. The van der Waals surface area contributed by atoms with Crippen LogP contribution in [0.25, 0.3) is 0 Å². The molecule has 0 aromatic heterocycles. The number of benzene rings is 1. The molecule has 0 amide bonds. The molecule has 0 unspecified atom stereocenters. The maximum absolute atomic E-state index is 5.89. The second-order valence-electron chi connectivity index (χ2n) is 5.18. The fourth-order valence-corrected chi connectivity index (χ4v) is 2.48. The van der Waals surface area contributed by atoms with Crippen molar-refractivity contribution in [3.05, 3.63) is 24.3 Å². The van der Waals surface area contributed by atoms with E-state index in [4.69, 9.17) is 4.74 Å². The van der Waals surface area contributed by atoms with Crippen LogP contribution in [0.15, 0.2) is 24.3 Å². The molecule has 0 bridgehead atoms. The van der Waals surface area contributed by atoms with E-state index in [9.17, 15) is 0 Å². The van der Waals surface area contributed by atoms with E-state index >= 15 is 0 Å².